The number of ether oxygens (including phenoxy) is 1. The summed E-state index contributed by atoms with van der Waals surface area (Å²) in [7, 11) is -4.22. The molecular formula is C34H45N2O7P. The average molecular weight is 625 g/mol. The van der Waals surface area contributed by atoms with Gasteiger partial charge in [0, 0.05) is 0 Å². The molecule has 44 heavy (non-hydrogen) atoms. The average Bonchev–Trinajstić information content (AvgIpc) is 3.02. The van der Waals surface area contributed by atoms with Crippen LogP contribution in [-0.2, 0) is 36.4 Å². The van der Waals surface area contributed by atoms with Gasteiger partial charge in [0.25, 0.3) is 5.91 Å². The topological polar surface area (TPSA) is 123 Å². The number of nitrogens with one attached hydrogen (secondary N) is 2. The zero-order chi connectivity index (χ0) is 32.1. The molecule has 3 aromatic carbocycles. The maximum absolute atomic E-state index is 14.3. The van der Waals surface area contributed by atoms with Crippen molar-refractivity contribution in [1.29, 1.82) is 0 Å². The number of hydrogen-bond donors (Lipinski definition) is 3. The minimum atomic E-state index is -4.22. The van der Waals surface area contributed by atoms with E-state index in [-0.39, 0.29) is 37.5 Å². The molecule has 4 atom stereocenters. The summed E-state index contributed by atoms with van der Waals surface area (Å²) in [6.07, 6.45) is -1.66. The van der Waals surface area contributed by atoms with Gasteiger partial charge in [0.15, 0.2) is 11.9 Å². The van der Waals surface area contributed by atoms with Crippen molar-refractivity contribution in [1.82, 2.24) is 10.6 Å². The SMILES string of the molecule is CC(C)CC(NC(=O)C(OC(=O)NC(C)c1ccccc1)C(C)C)C(O)P(=O)(OCc1ccccc1)OCc1ccccc1. The summed E-state index contributed by atoms with van der Waals surface area (Å²) >= 11 is 0. The maximum Gasteiger partial charge on any atom is 0.408 e. The van der Waals surface area contributed by atoms with Gasteiger partial charge in [-0.15, -0.1) is 0 Å². The van der Waals surface area contributed by atoms with Crippen LogP contribution in [0.2, 0.25) is 0 Å². The van der Waals surface area contributed by atoms with Gasteiger partial charge >= 0.3 is 13.7 Å². The van der Waals surface area contributed by atoms with E-state index in [0.717, 1.165) is 16.7 Å². The van der Waals surface area contributed by atoms with Crippen LogP contribution in [0.5, 0.6) is 0 Å². The number of alkyl carbamates (subject to hydrolysis) is 1. The number of hydrogen-bond acceptors (Lipinski definition) is 7. The quantitative estimate of drug-likeness (QED) is 0.147. The van der Waals surface area contributed by atoms with Gasteiger partial charge < -0.3 is 29.5 Å². The Labute approximate surface area is 260 Å². The highest BCUT2D eigenvalue weighted by molar-refractivity contribution is 7.54. The predicted octanol–water partition coefficient (Wildman–Crippen LogP) is 6.97. The van der Waals surface area contributed by atoms with Crippen molar-refractivity contribution >= 4 is 19.6 Å². The van der Waals surface area contributed by atoms with Gasteiger partial charge in [-0.25, -0.2) is 4.79 Å². The standard InChI is InChI=1S/C34H45N2O7P/c1-24(2)21-30(36-32(37)31(25(3)4)43-34(39)35-26(5)29-19-13-8-14-20-29)33(38)44(40,41-22-27-15-9-6-10-16-27)42-23-28-17-11-7-12-18-28/h6-20,24-26,30-31,33,38H,21-23H2,1-5H3,(H,35,39)(H,36,37). The lowest BCUT2D eigenvalue weighted by Gasteiger charge is -2.32. The summed E-state index contributed by atoms with van der Waals surface area (Å²) in [5.41, 5.74) is 2.38. The first kappa shape index (κ1) is 35.0. The second-order valence-corrected chi connectivity index (χ2v) is 13.7. The highest BCUT2D eigenvalue weighted by Gasteiger charge is 2.42. The van der Waals surface area contributed by atoms with Crippen molar-refractivity contribution in [2.45, 2.75) is 78.3 Å². The fourth-order valence-corrected chi connectivity index (χ4v) is 6.23. The molecule has 0 saturated heterocycles. The van der Waals surface area contributed by atoms with Crippen LogP contribution in [0.15, 0.2) is 91.0 Å². The Hall–Kier alpha value is -3.49. The zero-order valence-electron chi connectivity index (χ0n) is 26.1. The van der Waals surface area contributed by atoms with E-state index < -0.39 is 37.6 Å². The first-order valence-electron chi connectivity index (χ1n) is 15.0. The molecule has 3 N–H and O–H groups in total. The van der Waals surface area contributed by atoms with Crippen LogP contribution in [0.25, 0.3) is 0 Å². The van der Waals surface area contributed by atoms with Crippen LogP contribution in [0.3, 0.4) is 0 Å². The van der Waals surface area contributed by atoms with E-state index in [9.17, 15) is 19.3 Å². The van der Waals surface area contributed by atoms with Crippen LogP contribution in [-0.4, -0.2) is 35.1 Å². The molecule has 0 saturated carbocycles. The van der Waals surface area contributed by atoms with Crippen molar-refractivity contribution in [2.24, 2.45) is 11.8 Å². The van der Waals surface area contributed by atoms with Crippen molar-refractivity contribution < 1.29 is 33.0 Å². The summed E-state index contributed by atoms with van der Waals surface area (Å²) in [6, 6.07) is 26.3. The van der Waals surface area contributed by atoms with Crippen molar-refractivity contribution in [3.05, 3.63) is 108 Å². The third kappa shape index (κ3) is 10.9. The van der Waals surface area contributed by atoms with Crippen LogP contribution in [0.4, 0.5) is 4.79 Å². The van der Waals surface area contributed by atoms with E-state index in [1.807, 2.05) is 112 Å². The number of benzene rings is 3. The molecule has 0 aliphatic rings. The van der Waals surface area contributed by atoms with E-state index in [2.05, 4.69) is 10.6 Å². The molecule has 0 bridgehead atoms. The fraction of sp³-hybridized carbons (Fsp3) is 0.412. The Bertz CT molecular complexity index is 1290. The fourth-order valence-electron chi connectivity index (χ4n) is 4.56. The van der Waals surface area contributed by atoms with Crippen molar-refractivity contribution in [2.75, 3.05) is 0 Å². The van der Waals surface area contributed by atoms with E-state index in [0.29, 0.717) is 0 Å². The lowest BCUT2D eigenvalue weighted by molar-refractivity contribution is -0.133. The van der Waals surface area contributed by atoms with Gasteiger partial charge in [-0.05, 0) is 41.9 Å². The van der Waals surface area contributed by atoms with Gasteiger partial charge in [-0.2, -0.15) is 0 Å². The Balaban J connectivity index is 1.78. The van der Waals surface area contributed by atoms with Gasteiger partial charge in [0.05, 0.1) is 25.3 Å². The molecule has 4 unspecified atom stereocenters. The van der Waals surface area contributed by atoms with Gasteiger partial charge in [0.2, 0.25) is 0 Å². The number of aliphatic hydroxyl groups is 1. The summed E-state index contributed by atoms with van der Waals surface area (Å²) in [5.74, 6) is -2.70. The minimum Gasteiger partial charge on any atom is -0.436 e. The van der Waals surface area contributed by atoms with Crippen LogP contribution in [0.1, 0.15) is 63.8 Å². The maximum atomic E-state index is 14.3. The van der Waals surface area contributed by atoms with Crippen molar-refractivity contribution in [3.8, 4) is 0 Å². The number of amides is 2. The first-order chi connectivity index (χ1) is 21.0. The largest absolute Gasteiger partial charge is 0.436 e. The molecule has 238 valence electrons. The van der Waals surface area contributed by atoms with Crippen molar-refractivity contribution in [3.63, 3.8) is 0 Å². The molecule has 3 aromatic rings. The third-order valence-corrected chi connectivity index (χ3v) is 8.96. The second kappa shape index (κ2) is 17.1. The molecule has 0 aromatic heterocycles. The Kier molecular flexibility index (Phi) is 13.6. The molecule has 0 aliphatic carbocycles. The lowest BCUT2D eigenvalue weighted by Crippen LogP contribution is -2.51. The Morgan fingerprint density at radius 1 is 0.750 bits per heavy atom. The predicted molar refractivity (Wildman–Crippen MR) is 171 cm³/mol. The molecule has 10 heteroatoms. The summed E-state index contributed by atoms with van der Waals surface area (Å²) in [4.78, 5) is 26.4. The normalized spacial score (nSPS) is 14.5. The van der Waals surface area contributed by atoms with E-state index in [4.69, 9.17) is 13.8 Å². The smallest absolute Gasteiger partial charge is 0.408 e. The molecule has 0 radical (unpaired) electrons. The summed E-state index contributed by atoms with van der Waals surface area (Å²) in [6.45, 7) is 9.03. The summed E-state index contributed by atoms with van der Waals surface area (Å²) < 4.78 is 31.5. The molecule has 3 rings (SSSR count). The number of carbonyl (C=O) groups is 2. The first-order valence-corrected chi connectivity index (χ1v) is 16.6. The molecule has 0 fully saturated rings. The number of aliphatic hydroxyl groups excluding tert-OH is 1. The van der Waals surface area contributed by atoms with E-state index in [1.54, 1.807) is 13.8 Å². The third-order valence-electron chi connectivity index (χ3n) is 6.98. The number of rotatable bonds is 16. The molecule has 0 spiro atoms. The lowest BCUT2D eigenvalue weighted by atomic mass is 10.0. The highest BCUT2D eigenvalue weighted by atomic mass is 31.2. The molecule has 9 nitrogen and oxygen atoms in total. The van der Waals surface area contributed by atoms with Crippen LogP contribution < -0.4 is 10.6 Å². The Morgan fingerprint density at radius 3 is 1.68 bits per heavy atom. The monoisotopic (exact) mass is 624 g/mol. The number of carbonyl (C=O) groups excluding carboxylic acids is 2. The van der Waals surface area contributed by atoms with Gasteiger partial charge in [0.1, 0.15) is 0 Å². The molecule has 0 aliphatic heterocycles. The molecule has 2 amide bonds. The second-order valence-electron chi connectivity index (χ2n) is 11.6. The highest BCUT2D eigenvalue weighted by Crippen LogP contribution is 2.55. The van der Waals surface area contributed by atoms with Gasteiger partial charge in [-0.1, -0.05) is 119 Å². The summed E-state index contributed by atoms with van der Waals surface area (Å²) in [5, 5.41) is 17.1. The van der Waals surface area contributed by atoms with Crippen LogP contribution >= 0.6 is 7.60 Å². The molecular weight excluding hydrogens is 579 g/mol. The van der Waals surface area contributed by atoms with Gasteiger partial charge in [-0.3, -0.25) is 9.36 Å². The van der Waals surface area contributed by atoms with E-state index in [1.165, 1.54) is 0 Å². The van der Waals surface area contributed by atoms with E-state index >= 15 is 0 Å². The minimum absolute atomic E-state index is 0.0000793. The molecule has 0 heterocycles. The zero-order valence-corrected chi connectivity index (χ0v) is 27.0. The van der Waals surface area contributed by atoms with Crippen LogP contribution in [0, 0.1) is 11.8 Å². The Morgan fingerprint density at radius 2 is 1.23 bits per heavy atom.